The van der Waals surface area contributed by atoms with Gasteiger partial charge in [0.25, 0.3) is 0 Å². The normalized spacial score (nSPS) is 16.9. The fourth-order valence-corrected chi connectivity index (χ4v) is 4.83. The van der Waals surface area contributed by atoms with Gasteiger partial charge in [0.15, 0.2) is 5.82 Å². The molecule has 0 radical (unpaired) electrons. The minimum atomic E-state index is -0.441. The highest BCUT2D eigenvalue weighted by molar-refractivity contribution is 8.00. The van der Waals surface area contributed by atoms with E-state index in [0.29, 0.717) is 11.0 Å². The van der Waals surface area contributed by atoms with Gasteiger partial charge in [-0.1, -0.05) is 77.5 Å². The predicted molar refractivity (Wildman–Crippen MR) is 134 cm³/mol. The first-order valence-electron chi connectivity index (χ1n) is 11.1. The maximum Gasteiger partial charge on any atom is 0.240 e. The summed E-state index contributed by atoms with van der Waals surface area (Å²) in [6, 6.07) is 25.3. The predicted octanol–water partition coefficient (Wildman–Crippen LogP) is 4.87. The Kier molecular flexibility index (Phi) is 6.22. The molecule has 0 spiro atoms. The minimum Gasteiger partial charge on any atom is -0.486 e. The number of aromatic nitrogens is 3. The van der Waals surface area contributed by atoms with Gasteiger partial charge in [0.1, 0.15) is 17.6 Å². The van der Waals surface area contributed by atoms with E-state index in [4.69, 9.17) is 4.74 Å². The van der Waals surface area contributed by atoms with Crippen molar-refractivity contribution in [1.29, 1.82) is 0 Å². The van der Waals surface area contributed by atoms with Crippen molar-refractivity contribution in [2.75, 3.05) is 10.7 Å². The molecule has 0 saturated heterocycles. The van der Waals surface area contributed by atoms with Crippen LogP contribution in [0.15, 0.2) is 84.0 Å². The summed E-state index contributed by atoms with van der Waals surface area (Å²) in [5.74, 6) is 1.30. The van der Waals surface area contributed by atoms with E-state index in [1.54, 1.807) is 0 Å². The molecule has 3 aromatic carbocycles. The second kappa shape index (κ2) is 9.61. The molecule has 0 aliphatic carbocycles. The third-order valence-electron chi connectivity index (χ3n) is 5.63. The Bertz CT molecular complexity index is 1270. The van der Waals surface area contributed by atoms with Gasteiger partial charge >= 0.3 is 0 Å². The number of anilines is 1. The summed E-state index contributed by atoms with van der Waals surface area (Å²) < 4.78 is 7.71. The number of nitrogens with one attached hydrogen (secondary N) is 2. The van der Waals surface area contributed by atoms with Crippen LogP contribution in [0.3, 0.4) is 0 Å². The van der Waals surface area contributed by atoms with E-state index in [0.717, 1.165) is 28.1 Å². The molecule has 5 rings (SSSR count). The molecule has 1 aliphatic rings. The van der Waals surface area contributed by atoms with Crippen LogP contribution in [-0.4, -0.2) is 26.0 Å². The first-order chi connectivity index (χ1) is 16.6. The molecule has 172 valence electrons. The summed E-state index contributed by atoms with van der Waals surface area (Å²) in [4.78, 5) is 13.4. The van der Waals surface area contributed by atoms with Crippen LogP contribution in [0, 0.1) is 13.8 Å². The number of hydrogen-bond donors (Lipinski definition) is 2. The average molecular weight is 472 g/mol. The highest BCUT2D eigenvalue weighted by Crippen LogP contribution is 2.37. The molecular formula is C26H25N5O2S. The molecule has 0 bridgehead atoms. The number of ether oxygens (including phenoxy) is 1. The Morgan fingerprint density at radius 2 is 1.65 bits per heavy atom. The number of rotatable bonds is 6. The number of hydrogen-bond acceptors (Lipinski definition) is 6. The van der Waals surface area contributed by atoms with Gasteiger partial charge in [-0.25, -0.2) is 4.68 Å². The minimum absolute atomic E-state index is 0.0942. The summed E-state index contributed by atoms with van der Waals surface area (Å²) in [6.07, 6.45) is 0. The summed E-state index contributed by atoms with van der Waals surface area (Å²) in [5, 5.41) is 11.9. The first kappa shape index (κ1) is 22.0. The van der Waals surface area contributed by atoms with Crippen molar-refractivity contribution in [3.05, 3.63) is 101 Å². The van der Waals surface area contributed by atoms with Crippen molar-refractivity contribution in [2.24, 2.45) is 0 Å². The molecule has 7 nitrogen and oxygen atoms in total. The van der Waals surface area contributed by atoms with E-state index in [-0.39, 0.29) is 18.6 Å². The maximum absolute atomic E-state index is 13.4. The van der Waals surface area contributed by atoms with Crippen molar-refractivity contribution >= 4 is 23.4 Å². The Balaban J connectivity index is 1.41. The summed E-state index contributed by atoms with van der Waals surface area (Å²) in [6.45, 7) is 4.32. The highest BCUT2D eigenvalue weighted by Gasteiger charge is 2.38. The zero-order chi connectivity index (χ0) is 23.5. The van der Waals surface area contributed by atoms with Gasteiger partial charge in [-0.15, -0.1) is 10.2 Å². The fourth-order valence-electron chi connectivity index (χ4n) is 3.73. The van der Waals surface area contributed by atoms with Gasteiger partial charge in [-0.3, -0.25) is 4.79 Å². The Morgan fingerprint density at radius 1 is 0.971 bits per heavy atom. The molecule has 1 aromatic heterocycles. The lowest BCUT2D eigenvalue weighted by Gasteiger charge is -2.33. The number of fused-ring (bicyclic) bond motifs is 1. The summed E-state index contributed by atoms with van der Waals surface area (Å²) in [7, 11) is 0. The molecule has 0 fully saturated rings. The second-order valence-electron chi connectivity index (χ2n) is 8.25. The highest BCUT2D eigenvalue weighted by atomic mass is 32.2. The third-order valence-corrected chi connectivity index (χ3v) is 6.84. The molecule has 1 amide bonds. The van der Waals surface area contributed by atoms with E-state index in [9.17, 15) is 4.79 Å². The van der Waals surface area contributed by atoms with Crippen LogP contribution in [-0.2, 0) is 11.4 Å². The van der Waals surface area contributed by atoms with Gasteiger partial charge in [0.05, 0.1) is 6.04 Å². The summed E-state index contributed by atoms with van der Waals surface area (Å²) >= 11 is 1.40. The monoisotopic (exact) mass is 471 g/mol. The summed E-state index contributed by atoms with van der Waals surface area (Å²) in [5.41, 5.74) is 7.55. The van der Waals surface area contributed by atoms with Crippen LogP contribution in [0.2, 0.25) is 0 Å². The molecule has 2 heterocycles. The van der Waals surface area contributed by atoms with Crippen LogP contribution in [0.25, 0.3) is 0 Å². The number of nitrogens with zero attached hydrogens (tertiary/aromatic N) is 3. The fraction of sp³-hybridized carbons (Fsp3) is 0.192. The number of benzene rings is 3. The van der Waals surface area contributed by atoms with Gasteiger partial charge in [0, 0.05) is 5.69 Å². The lowest BCUT2D eigenvalue weighted by atomic mass is 10.0. The molecule has 4 aromatic rings. The Hall–Kier alpha value is -3.78. The number of thioether (sulfide) groups is 1. The maximum atomic E-state index is 13.4. The zero-order valence-corrected chi connectivity index (χ0v) is 19.8. The Labute approximate surface area is 202 Å². The quantitative estimate of drug-likeness (QED) is 0.418. The van der Waals surface area contributed by atoms with Crippen LogP contribution in [0.5, 0.6) is 5.75 Å². The molecule has 0 unspecified atom stereocenters. The second-order valence-corrected chi connectivity index (χ2v) is 9.36. The number of aryl methyl sites for hydroxylation is 2. The van der Waals surface area contributed by atoms with Crippen molar-refractivity contribution in [1.82, 2.24) is 14.9 Å². The van der Waals surface area contributed by atoms with Crippen LogP contribution in [0.4, 0.5) is 5.69 Å². The van der Waals surface area contributed by atoms with E-state index >= 15 is 0 Å². The molecule has 0 saturated carbocycles. The smallest absolute Gasteiger partial charge is 0.240 e. The number of carbonyl (C=O) groups is 1. The zero-order valence-electron chi connectivity index (χ0n) is 18.9. The third kappa shape index (κ3) is 4.77. The molecule has 34 heavy (non-hydrogen) atoms. The van der Waals surface area contributed by atoms with E-state index in [1.807, 2.05) is 73.1 Å². The first-order valence-corrected chi connectivity index (χ1v) is 11.9. The van der Waals surface area contributed by atoms with Crippen LogP contribution < -0.4 is 15.5 Å². The van der Waals surface area contributed by atoms with Gasteiger partial charge in [-0.2, -0.15) is 0 Å². The topological polar surface area (TPSA) is 81.1 Å². The molecule has 1 aliphatic heterocycles. The number of para-hydroxylation sites is 1. The molecule has 2 N–H and O–H groups in total. The van der Waals surface area contributed by atoms with Crippen molar-refractivity contribution in [3.8, 4) is 5.75 Å². The van der Waals surface area contributed by atoms with Crippen molar-refractivity contribution in [3.63, 3.8) is 0 Å². The lowest BCUT2D eigenvalue weighted by molar-refractivity contribution is -0.116. The number of amides is 1. The lowest BCUT2D eigenvalue weighted by Crippen LogP contribution is -2.41. The average Bonchev–Trinajstić information content (AvgIpc) is 3.26. The van der Waals surface area contributed by atoms with Crippen LogP contribution in [0.1, 0.15) is 28.6 Å². The standard InChI is InChI=1S/C26H25N5O2S/c1-17-8-12-19(13-9-17)23-24(25(32)27-20-14-10-18(2)11-15-20)34-26-29-28-22(31(26)30-23)16-33-21-6-4-3-5-7-21/h3-15,23-24,30H,16H2,1-2H3,(H,27,32)/t23-,24+/m0/s1. The molecular weight excluding hydrogens is 446 g/mol. The Morgan fingerprint density at radius 3 is 2.35 bits per heavy atom. The molecule has 8 heteroatoms. The van der Waals surface area contributed by atoms with Crippen molar-refractivity contribution < 1.29 is 9.53 Å². The van der Waals surface area contributed by atoms with Crippen LogP contribution >= 0.6 is 11.8 Å². The van der Waals surface area contributed by atoms with Gasteiger partial charge < -0.3 is 15.5 Å². The van der Waals surface area contributed by atoms with Crippen molar-refractivity contribution in [2.45, 2.75) is 36.9 Å². The van der Waals surface area contributed by atoms with E-state index in [2.05, 4.69) is 45.2 Å². The van der Waals surface area contributed by atoms with Gasteiger partial charge in [-0.05, 0) is 43.7 Å². The largest absolute Gasteiger partial charge is 0.486 e. The number of carbonyl (C=O) groups excluding carboxylic acids is 1. The molecule has 2 atom stereocenters. The SMILES string of the molecule is Cc1ccc(NC(=O)[C@@H]2Sc3nnc(COc4ccccc4)n3N[C@H]2c2ccc(C)cc2)cc1. The van der Waals surface area contributed by atoms with E-state index < -0.39 is 5.25 Å². The van der Waals surface area contributed by atoms with E-state index in [1.165, 1.54) is 11.8 Å². The van der Waals surface area contributed by atoms with Gasteiger partial charge in [0.2, 0.25) is 11.1 Å².